The average molecular weight is 417 g/mol. The van der Waals surface area contributed by atoms with E-state index >= 15 is 0 Å². The predicted molar refractivity (Wildman–Crippen MR) is 109 cm³/mol. The monoisotopic (exact) mass is 416 g/mol. The molecule has 2 aromatic carbocycles. The standard InChI is InChI=1S/C20H18ClFN4OS/c1-12-10-13(21)6-9-17(12)23-18(27)11-28-20-25-24-19(26(20)14-7-8-14)15-4-2-3-5-16(15)22/h2-6,9-10,14H,7-8,11H2,1H3,(H,23,27). The molecule has 5 nitrogen and oxygen atoms in total. The van der Waals surface area contributed by atoms with Crippen molar-refractivity contribution in [3.8, 4) is 11.4 Å². The van der Waals surface area contributed by atoms with E-state index in [-0.39, 0.29) is 23.5 Å². The van der Waals surface area contributed by atoms with Gasteiger partial charge < -0.3 is 5.32 Å². The third-order valence-corrected chi connectivity index (χ3v) is 5.66. The molecule has 1 saturated carbocycles. The third kappa shape index (κ3) is 4.05. The summed E-state index contributed by atoms with van der Waals surface area (Å²) in [5.41, 5.74) is 2.05. The topological polar surface area (TPSA) is 59.8 Å². The van der Waals surface area contributed by atoms with Crippen LogP contribution in [0.5, 0.6) is 0 Å². The van der Waals surface area contributed by atoms with Gasteiger partial charge in [-0.05, 0) is 55.7 Å². The van der Waals surface area contributed by atoms with Crippen LogP contribution in [0, 0.1) is 12.7 Å². The van der Waals surface area contributed by atoms with E-state index in [1.165, 1.54) is 17.8 Å². The smallest absolute Gasteiger partial charge is 0.234 e. The van der Waals surface area contributed by atoms with Gasteiger partial charge in [-0.3, -0.25) is 9.36 Å². The molecule has 0 aliphatic heterocycles. The number of amides is 1. The number of aromatic nitrogens is 3. The molecule has 1 aliphatic carbocycles. The number of benzene rings is 2. The Morgan fingerprint density at radius 1 is 1.29 bits per heavy atom. The molecule has 0 bridgehead atoms. The number of rotatable bonds is 6. The maximum atomic E-state index is 14.2. The summed E-state index contributed by atoms with van der Waals surface area (Å²) in [4.78, 5) is 12.4. The lowest BCUT2D eigenvalue weighted by atomic mass is 10.2. The van der Waals surface area contributed by atoms with Crippen LogP contribution in [0.1, 0.15) is 24.4 Å². The number of thioether (sulfide) groups is 1. The normalized spacial score (nSPS) is 13.5. The van der Waals surface area contributed by atoms with Crippen LogP contribution < -0.4 is 5.32 Å². The van der Waals surface area contributed by atoms with Gasteiger partial charge in [0, 0.05) is 16.8 Å². The summed E-state index contributed by atoms with van der Waals surface area (Å²) < 4.78 is 16.2. The lowest BCUT2D eigenvalue weighted by Gasteiger charge is -2.10. The summed E-state index contributed by atoms with van der Waals surface area (Å²) in [5.74, 6) is 0.221. The predicted octanol–water partition coefficient (Wildman–Crippen LogP) is 5.11. The van der Waals surface area contributed by atoms with Crippen LogP contribution in [0.15, 0.2) is 47.6 Å². The van der Waals surface area contributed by atoms with Crippen LogP contribution in [-0.2, 0) is 4.79 Å². The average Bonchev–Trinajstić information content (AvgIpc) is 3.42. The van der Waals surface area contributed by atoms with Gasteiger partial charge in [0.15, 0.2) is 11.0 Å². The van der Waals surface area contributed by atoms with Crippen LogP contribution in [0.4, 0.5) is 10.1 Å². The lowest BCUT2D eigenvalue weighted by Crippen LogP contribution is -2.15. The maximum absolute atomic E-state index is 14.2. The zero-order valence-corrected chi connectivity index (χ0v) is 16.7. The lowest BCUT2D eigenvalue weighted by molar-refractivity contribution is -0.113. The molecule has 0 unspecified atom stereocenters. The van der Waals surface area contributed by atoms with Gasteiger partial charge in [0.2, 0.25) is 5.91 Å². The van der Waals surface area contributed by atoms with Crippen molar-refractivity contribution in [1.82, 2.24) is 14.8 Å². The Bertz CT molecular complexity index is 1030. The van der Waals surface area contributed by atoms with Crippen LogP contribution in [0.25, 0.3) is 11.4 Å². The number of nitrogens with one attached hydrogen (secondary N) is 1. The first-order valence-corrected chi connectivity index (χ1v) is 10.3. The fourth-order valence-corrected chi connectivity index (χ4v) is 3.98. The molecule has 1 N–H and O–H groups in total. The van der Waals surface area contributed by atoms with Gasteiger partial charge in [0.25, 0.3) is 0 Å². The van der Waals surface area contributed by atoms with Crippen LogP contribution in [0.3, 0.4) is 0 Å². The van der Waals surface area contributed by atoms with Crippen molar-refractivity contribution < 1.29 is 9.18 Å². The van der Waals surface area contributed by atoms with Gasteiger partial charge in [0.05, 0.1) is 11.3 Å². The van der Waals surface area contributed by atoms with E-state index in [1.807, 2.05) is 11.5 Å². The maximum Gasteiger partial charge on any atom is 0.234 e. The molecule has 0 atom stereocenters. The second-order valence-corrected chi connectivity index (χ2v) is 8.06. The zero-order valence-electron chi connectivity index (χ0n) is 15.2. The highest BCUT2D eigenvalue weighted by Crippen LogP contribution is 2.41. The molecule has 144 valence electrons. The first-order valence-electron chi connectivity index (χ1n) is 8.91. The van der Waals surface area contributed by atoms with E-state index in [4.69, 9.17) is 11.6 Å². The molecular formula is C20H18ClFN4OS. The van der Waals surface area contributed by atoms with E-state index in [2.05, 4.69) is 15.5 Å². The Kier molecular flexibility index (Phi) is 5.37. The van der Waals surface area contributed by atoms with Crippen molar-refractivity contribution in [3.05, 3.63) is 58.9 Å². The Morgan fingerprint density at radius 2 is 2.07 bits per heavy atom. The molecule has 1 fully saturated rings. The highest BCUT2D eigenvalue weighted by atomic mass is 35.5. The zero-order chi connectivity index (χ0) is 19.7. The largest absolute Gasteiger partial charge is 0.325 e. The number of carbonyl (C=O) groups is 1. The molecule has 4 rings (SSSR count). The van der Waals surface area contributed by atoms with Gasteiger partial charge in [0.1, 0.15) is 5.82 Å². The number of hydrogen-bond acceptors (Lipinski definition) is 4. The first-order chi connectivity index (χ1) is 13.5. The summed E-state index contributed by atoms with van der Waals surface area (Å²) >= 11 is 7.25. The minimum absolute atomic E-state index is 0.145. The molecule has 8 heteroatoms. The molecule has 28 heavy (non-hydrogen) atoms. The van der Waals surface area contributed by atoms with Crippen molar-refractivity contribution in [2.24, 2.45) is 0 Å². The Hall–Kier alpha value is -2.38. The first kappa shape index (κ1) is 19.0. The van der Waals surface area contributed by atoms with Crippen LogP contribution in [0.2, 0.25) is 5.02 Å². The molecule has 0 spiro atoms. The molecule has 1 aromatic heterocycles. The SMILES string of the molecule is Cc1cc(Cl)ccc1NC(=O)CSc1nnc(-c2ccccc2F)n1C1CC1. The van der Waals surface area contributed by atoms with Crippen LogP contribution in [-0.4, -0.2) is 26.4 Å². The van der Waals surface area contributed by atoms with Gasteiger partial charge >= 0.3 is 0 Å². The second kappa shape index (κ2) is 7.93. The number of halogens is 2. The number of carbonyl (C=O) groups excluding carboxylic acids is 1. The second-order valence-electron chi connectivity index (χ2n) is 6.68. The van der Waals surface area contributed by atoms with Crippen molar-refractivity contribution in [2.75, 3.05) is 11.1 Å². The van der Waals surface area contributed by atoms with E-state index in [0.717, 1.165) is 24.1 Å². The van der Waals surface area contributed by atoms with Crippen LogP contribution >= 0.6 is 23.4 Å². The minimum Gasteiger partial charge on any atom is -0.325 e. The van der Waals surface area contributed by atoms with Crippen molar-refractivity contribution in [3.63, 3.8) is 0 Å². The Morgan fingerprint density at radius 3 is 2.79 bits per heavy atom. The Labute approximate surface area is 171 Å². The molecule has 0 radical (unpaired) electrons. The summed E-state index contributed by atoms with van der Waals surface area (Å²) in [5, 5.41) is 12.6. The van der Waals surface area contributed by atoms with Gasteiger partial charge in [-0.25, -0.2) is 4.39 Å². The van der Waals surface area contributed by atoms with Crippen molar-refractivity contribution in [2.45, 2.75) is 31.0 Å². The van der Waals surface area contributed by atoms with Gasteiger partial charge in [-0.1, -0.05) is 35.5 Å². The molecule has 1 amide bonds. The quantitative estimate of drug-likeness (QED) is 0.567. The highest BCUT2D eigenvalue weighted by Gasteiger charge is 2.31. The highest BCUT2D eigenvalue weighted by molar-refractivity contribution is 7.99. The number of aryl methyl sites for hydroxylation is 1. The summed E-state index contributed by atoms with van der Waals surface area (Å²) in [7, 11) is 0. The minimum atomic E-state index is -0.329. The summed E-state index contributed by atoms with van der Waals surface area (Å²) in [6.07, 6.45) is 2.01. The molecule has 1 heterocycles. The molecule has 1 aliphatic rings. The Balaban J connectivity index is 1.49. The number of nitrogens with zero attached hydrogens (tertiary/aromatic N) is 3. The summed E-state index contributed by atoms with van der Waals surface area (Å²) in [6.45, 7) is 1.89. The summed E-state index contributed by atoms with van der Waals surface area (Å²) in [6, 6.07) is 12.1. The van der Waals surface area contributed by atoms with E-state index in [9.17, 15) is 9.18 Å². The number of anilines is 1. The number of hydrogen-bond donors (Lipinski definition) is 1. The molecule has 3 aromatic rings. The molecule has 0 saturated heterocycles. The van der Waals surface area contributed by atoms with E-state index < -0.39 is 0 Å². The third-order valence-electron chi connectivity index (χ3n) is 4.49. The van der Waals surface area contributed by atoms with Crippen molar-refractivity contribution >= 4 is 35.0 Å². The van der Waals surface area contributed by atoms with Crippen molar-refractivity contribution in [1.29, 1.82) is 0 Å². The fraction of sp³-hybridized carbons (Fsp3) is 0.250. The van der Waals surface area contributed by atoms with Gasteiger partial charge in [-0.2, -0.15) is 0 Å². The molecular weight excluding hydrogens is 399 g/mol. The van der Waals surface area contributed by atoms with E-state index in [1.54, 1.807) is 36.4 Å². The van der Waals surface area contributed by atoms with E-state index in [0.29, 0.717) is 21.6 Å². The van der Waals surface area contributed by atoms with Gasteiger partial charge in [-0.15, -0.1) is 10.2 Å². The fourth-order valence-electron chi connectivity index (χ4n) is 2.95.